The van der Waals surface area contributed by atoms with E-state index >= 15 is 4.39 Å². The number of piperidine rings is 1. The van der Waals surface area contributed by atoms with Crippen molar-refractivity contribution in [3.05, 3.63) is 119 Å². The molecule has 0 aromatic heterocycles. The molecule has 8 rings (SSSR count). The molecule has 4 aliphatic heterocycles. The SMILES string of the molecule is CN1Cc2cc(N3CCN(CC4CCN(c5ccc(C6c7ccc(O)cc7OCC6c6ccccc6)cc5F)CC4)CC3)ccc2C1=O. The number of hydrogen-bond acceptors (Lipinski definition) is 6. The Morgan fingerprint density at radius 3 is 2.40 bits per heavy atom. The molecule has 0 spiro atoms. The van der Waals surface area contributed by atoms with E-state index in [-0.39, 0.29) is 29.3 Å². The van der Waals surface area contributed by atoms with E-state index in [9.17, 15) is 9.90 Å². The van der Waals surface area contributed by atoms with E-state index in [1.807, 2.05) is 43.4 Å². The third-order valence-corrected chi connectivity index (χ3v) is 11.0. The number of carbonyl (C=O) groups is 1. The number of nitrogens with zero attached hydrogens (tertiary/aromatic N) is 4. The number of fused-ring (bicyclic) bond motifs is 2. The zero-order chi connectivity index (χ0) is 32.8. The number of halogens is 1. The zero-order valence-electron chi connectivity index (χ0n) is 27.5. The molecule has 0 bridgehead atoms. The van der Waals surface area contributed by atoms with Gasteiger partial charge in [0.05, 0.1) is 12.3 Å². The molecular formula is C40H43FN4O3. The van der Waals surface area contributed by atoms with Gasteiger partial charge >= 0.3 is 0 Å². The number of ether oxygens (including phenoxy) is 1. The lowest BCUT2D eigenvalue weighted by Gasteiger charge is -2.40. The van der Waals surface area contributed by atoms with E-state index < -0.39 is 0 Å². The first-order chi connectivity index (χ1) is 23.4. The molecule has 248 valence electrons. The van der Waals surface area contributed by atoms with Crippen LogP contribution >= 0.6 is 0 Å². The number of benzene rings is 4. The molecule has 4 aromatic rings. The number of amides is 1. The molecule has 1 amide bonds. The monoisotopic (exact) mass is 646 g/mol. The summed E-state index contributed by atoms with van der Waals surface area (Å²) < 4.78 is 22.1. The minimum Gasteiger partial charge on any atom is -0.508 e. The Morgan fingerprint density at radius 2 is 1.62 bits per heavy atom. The summed E-state index contributed by atoms with van der Waals surface area (Å²) in [6, 6.07) is 27.6. The van der Waals surface area contributed by atoms with E-state index in [4.69, 9.17) is 4.74 Å². The molecule has 7 nitrogen and oxygen atoms in total. The Balaban J connectivity index is 0.892. The lowest BCUT2D eigenvalue weighted by atomic mass is 9.76. The van der Waals surface area contributed by atoms with Gasteiger partial charge in [-0.3, -0.25) is 9.69 Å². The average molecular weight is 647 g/mol. The maximum atomic E-state index is 16.0. The van der Waals surface area contributed by atoms with Crippen molar-refractivity contribution in [1.82, 2.24) is 9.80 Å². The highest BCUT2D eigenvalue weighted by Crippen LogP contribution is 2.47. The van der Waals surface area contributed by atoms with Gasteiger partial charge in [0.15, 0.2) is 0 Å². The Morgan fingerprint density at radius 1 is 0.833 bits per heavy atom. The number of rotatable bonds is 6. The molecule has 4 heterocycles. The molecule has 2 saturated heterocycles. The maximum absolute atomic E-state index is 16.0. The fourth-order valence-corrected chi connectivity index (χ4v) is 8.33. The number of aromatic hydroxyl groups is 1. The van der Waals surface area contributed by atoms with Crippen molar-refractivity contribution < 1.29 is 19.0 Å². The van der Waals surface area contributed by atoms with Crippen molar-refractivity contribution in [2.45, 2.75) is 31.2 Å². The Bertz CT molecular complexity index is 1800. The van der Waals surface area contributed by atoms with Gasteiger partial charge in [0.25, 0.3) is 5.91 Å². The van der Waals surface area contributed by atoms with Crippen molar-refractivity contribution in [2.75, 3.05) is 69.3 Å². The molecule has 2 fully saturated rings. The largest absolute Gasteiger partial charge is 0.508 e. The van der Waals surface area contributed by atoms with Crippen molar-refractivity contribution in [3.8, 4) is 11.5 Å². The van der Waals surface area contributed by atoms with Crippen LogP contribution in [0.25, 0.3) is 0 Å². The Kier molecular flexibility index (Phi) is 8.20. The lowest BCUT2D eigenvalue weighted by Crippen LogP contribution is -2.49. The van der Waals surface area contributed by atoms with Crippen LogP contribution in [0, 0.1) is 11.7 Å². The minimum atomic E-state index is -0.178. The van der Waals surface area contributed by atoms with Gasteiger partial charge in [-0.15, -0.1) is 0 Å². The molecule has 8 heteroatoms. The summed E-state index contributed by atoms with van der Waals surface area (Å²) in [5, 5.41) is 10.1. The van der Waals surface area contributed by atoms with Crippen LogP contribution in [0.15, 0.2) is 84.9 Å². The topological polar surface area (TPSA) is 59.5 Å². The smallest absolute Gasteiger partial charge is 0.254 e. The first kappa shape index (κ1) is 30.8. The quantitative estimate of drug-likeness (QED) is 0.260. The third-order valence-electron chi connectivity index (χ3n) is 11.0. The minimum absolute atomic E-state index is 0.0344. The van der Waals surface area contributed by atoms with Crippen LogP contribution in [0.3, 0.4) is 0 Å². The zero-order valence-corrected chi connectivity index (χ0v) is 27.5. The first-order valence-electron chi connectivity index (χ1n) is 17.3. The van der Waals surface area contributed by atoms with Crippen LogP contribution in [0.4, 0.5) is 15.8 Å². The first-order valence-corrected chi connectivity index (χ1v) is 17.3. The van der Waals surface area contributed by atoms with Gasteiger partial charge in [0, 0.05) is 94.1 Å². The summed E-state index contributed by atoms with van der Waals surface area (Å²) in [6.45, 7) is 8.00. The fourth-order valence-electron chi connectivity index (χ4n) is 8.33. The molecular weight excluding hydrogens is 603 g/mol. The van der Waals surface area contributed by atoms with Gasteiger partial charge in [0.2, 0.25) is 0 Å². The van der Waals surface area contributed by atoms with Gasteiger partial charge < -0.3 is 24.5 Å². The van der Waals surface area contributed by atoms with E-state index in [0.717, 1.165) is 86.5 Å². The predicted molar refractivity (Wildman–Crippen MR) is 187 cm³/mol. The number of hydrogen-bond donors (Lipinski definition) is 1. The highest BCUT2D eigenvalue weighted by atomic mass is 19.1. The summed E-state index contributed by atoms with van der Waals surface area (Å²) >= 11 is 0. The summed E-state index contributed by atoms with van der Waals surface area (Å²) in [4.78, 5) is 21.3. The molecule has 0 aliphatic carbocycles. The van der Waals surface area contributed by atoms with Crippen molar-refractivity contribution in [1.29, 1.82) is 0 Å². The second-order valence-corrected chi connectivity index (χ2v) is 14.0. The second-order valence-electron chi connectivity index (χ2n) is 14.0. The average Bonchev–Trinajstić information content (AvgIpc) is 3.40. The number of carbonyl (C=O) groups excluding carboxylic acids is 1. The molecule has 2 unspecified atom stereocenters. The molecule has 0 radical (unpaired) electrons. The van der Waals surface area contributed by atoms with Crippen LogP contribution < -0.4 is 14.5 Å². The lowest BCUT2D eigenvalue weighted by molar-refractivity contribution is 0.0816. The van der Waals surface area contributed by atoms with Crippen LogP contribution in [0.5, 0.6) is 11.5 Å². The van der Waals surface area contributed by atoms with Gasteiger partial charge in [-0.25, -0.2) is 4.39 Å². The van der Waals surface area contributed by atoms with Crippen LogP contribution in [-0.2, 0) is 6.54 Å². The van der Waals surface area contributed by atoms with E-state index in [1.165, 1.54) is 5.69 Å². The normalized spacial score (nSPS) is 21.6. The summed E-state index contributed by atoms with van der Waals surface area (Å²) in [5.41, 5.74) is 6.92. The maximum Gasteiger partial charge on any atom is 0.254 e. The van der Waals surface area contributed by atoms with Crippen LogP contribution in [0.2, 0.25) is 0 Å². The van der Waals surface area contributed by atoms with Gasteiger partial charge in [-0.05, 0) is 71.8 Å². The number of piperazine rings is 1. The molecule has 0 saturated carbocycles. The second kappa shape index (κ2) is 12.8. The summed E-state index contributed by atoms with van der Waals surface area (Å²) in [5.74, 6) is 1.33. The van der Waals surface area contributed by atoms with Crippen molar-refractivity contribution in [3.63, 3.8) is 0 Å². The molecule has 4 aromatic carbocycles. The van der Waals surface area contributed by atoms with E-state index in [1.54, 1.807) is 23.1 Å². The molecule has 1 N–H and O–H groups in total. The van der Waals surface area contributed by atoms with E-state index in [0.29, 0.717) is 30.5 Å². The highest BCUT2D eigenvalue weighted by molar-refractivity contribution is 5.98. The van der Waals surface area contributed by atoms with Crippen LogP contribution in [0.1, 0.15) is 57.3 Å². The summed E-state index contributed by atoms with van der Waals surface area (Å²) in [6.07, 6.45) is 2.11. The number of anilines is 2. The van der Waals surface area contributed by atoms with Gasteiger partial charge in [0.1, 0.15) is 17.3 Å². The van der Waals surface area contributed by atoms with Crippen molar-refractivity contribution >= 4 is 17.3 Å². The van der Waals surface area contributed by atoms with Crippen LogP contribution in [-0.4, -0.2) is 80.3 Å². The standard InChI is InChI=1S/C40H43FN4O3/c1-42-25-30-21-31(8-10-33(30)40(42)47)44-19-17-43(18-20-44)24-27-13-15-45(16-14-27)37-12-7-29(22-36(37)41)39-34-11-9-32(46)23-38(34)48-26-35(39)28-5-3-2-4-6-28/h2-12,21-23,27,35,39,46H,13-20,24-26H2,1H3. The number of phenols is 1. The fraction of sp³-hybridized carbons (Fsp3) is 0.375. The highest BCUT2D eigenvalue weighted by Gasteiger charge is 2.35. The molecule has 4 aliphatic rings. The number of phenolic OH excluding ortho intramolecular Hbond substituents is 1. The summed E-state index contributed by atoms with van der Waals surface area (Å²) in [7, 11) is 1.86. The Hall–Kier alpha value is -4.56. The molecule has 48 heavy (non-hydrogen) atoms. The predicted octanol–water partition coefficient (Wildman–Crippen LogP) is 6.46. The Labute approximate surface area is 282 Å². The van der Waals surface area contributed by atoms with Gasteiger partial charge in [-0.1, -0.05) is 42.5 Å². The van der Waals surface area contributed by atoms with E-state index in [2.05, 4.69) is 45.0 Å². The third kappa shape index (κ3) is 5.87. The van der Waals surface area contributed by atoms with Crippen molar-refractivity contribution in [2.24, 2.45) is 5.92 Å². The molecule has 2 atom stereocenters. The van der Waals surface area contributed by atoms with Gasteiger partial charge in [-0.2, -0.15) is 0 Å².